The van der Waals surface area contributed by atoms with Crippen LogP contribution in [0.3, 0.4) is 0 Å². The minimum Gasteiger partial charge on any atom is -0.467 e. The molecule has 0 fully saturated rings. The van der Waals surface area contributed by atoms with Gasteiger partial charge in [-0.2, -0.15) is 0 Å². The second-order valence-corrected chi connectivity index (χ2v) is 5.58. The van der Waals surface area contributed by atoms with Crippen LogP contribution in [0.2, 0.25) is 0 Å². The lowest BCUT2D eigenvalue weighted by Gasteiger charge is -2.16. The first-order valence-electron chi connectivity index (χ1n) is 6.14. The van der Waals surface area contributed by atoms with Gasteiger partial charge in [0.2, 0.25) is 0 Å². The number of thiophene rings is 1. The minimum absolute atomic E-state index is 0.242. The highest BCUT2D eigenvalue weighted by Gasteiger charge is 2.14. The number of aryl methyl sites for hydroxylation is 1. The highest BCUT2D eigenvalue weighted by atomic mass is 32.1. The summed E-state index contributed by atoms with van der Waals surface area (Å²) >= 11 is 1.76. The molecule has 0 bridgehead atoms. The Hall–Kier alpha value is -1.10. The van der Waals surface area contributed by atoms with E-state index in [1.807, 2.05) is 0 Å². The van der Waals surface area contributed by atoms with Crippen molar-refractivity contribution in [1.29, 1.82) is 0 Å². The largest absolute Gasteiger partial charge is 0.467 e. The third-order valence-electron chi connectivity index (χ3n) is 3.03. The number of hydrogen-bond acceptors (Lipinski definition) is 4. The molecule has 2 unspecified atom stereocenters. The van der Waals surface area contributed by atoms with Gasteiger partial charge < -0.3 is 14.8 Å². The molecular formula is C14H19NO2S. The van der Waals surface area contributed by atoms with Crippen molar-refractivity contribution < 1.29 is 9.52 Å². The van der Waals surface area contributed by atoms with Crippen molar-refractivity contribution in [3.63, 3.8) is 0 Å². The van der Waals surface area contributed by atoms with Crippen LogP contribution in [-0.4, -0.2) is 11.1 Å². The van der Waals surface area contributed by atoms with E-state index in [4.69, 9.17) is 4.42 Å². The molecule has 3 nitrogen and oxygen atoms in total. The fraction of sp³-hybridized carbons (Fsp3) is 0.429. The molecule has 2 atom stereocenters. The Kier molecular flexibility index (Phi) is 4.58. The molecule has 0 radical (unpaired) electrons. The summed E-state index contributed by atoms with van der Waals surface area (Å²) < 4.78 is 5.19. The molecule has 0 aliphatic rings. The van der Waals surface area contributed by atoms with E-state index in [9.17, 15) is 5.11 Å². The fourth-order valence-electron chi connectivity index (χ4n) is 1.87. The molecule has 2 rings (SSSR count). The van der Waals surface area contributed by atoms with Crippen molar-refractivity contribution in [3.8, 4) is 0 Å². The molecule has 0 aromatic carbocycles. The molecule has 0 spiro atoms. The summed E-state index contributed by atoms with van der Waals surface area (Å²) in [6.45, 7) is 5.06. The third kappa shape index (κ3) is 3.45. The zero-order valence-corrected chi connectivity index (χ0v) is 11.5. The Morgan fingerprint density at radius 1 is 1.44 bits per heavy atom. The molecule has 0 aliphatic heterocycles. The van der Waals surface area contributed by atoms with Gasteiger partial charge in [0.1, 0.15) is 11.9 Å². The predicted molar refractivity (Wildman–Crippen MR) is 73.6 cm³/mol. The van der Waals surface area contributed by atoms with Crippen LogP contribution < -0.4 is 5.32 Å². The molecule has 2 N–H and O–H groups in total. The second-order valence-electron chi connectivity index (χ2n) is 4.58. The summed E-state index contributed by atoms with van der Waals surface area (Å²) in [6, 6.07) is 5.97. The molecule has 0 aliphatic carbocycles. The number of nitrogens with one attached hydrogen (secondary N) is 1. The first-order valence-corrected chi connectivity index (χ1v) is 7.02. The highest BCUT2D eigenvalue weighted by Crippen LogP contribution is 2.19. The Bertz CT molecular complexity index is 464. The van der Waals surface area contributed by atoms with E-state index in [0.717, 1.165) is 6.54 Å². The summed E-state index contributed by atoms with van der Waals surface area (Å²) in [6.07, 6.45) is 1.70. The number of aliphatic hydroxyl groups excluding tert-OH is 1. The first kappa shape index (κ1) is 13.3. The Balaban J connectivity index is 1.79. The quantitative estimate of drug-likeness (QED) is 0.842. The predicted octanol–water partition coefficient (Wildman–Crippen LogP) is 3.25. The van der Waals surface area contributed by atoms with E-state index < -0.39 is 6.10 Å². The van der Waals surface area contributed by atoms with Crippen molar-refractivity contribution in [3.05, 3.63) is 46.0 Å². The highest BCUT2D eigenvalue weighted by molar-refractivity contribution is 7.10. The summed E-state index contributed by atoms with van der Waals surface area (Å²) in [7, 11) is 0. The van der Waals surface area contributed by atoms with E-state index in [0.29, 0.717) is 12.2 Å². The molecule has 0 amide bonds. The molecule has 2 aromatic rings. The van der Waals surface area contributed by atoms with Gasteiger partial charge in [-0.25, -0.2) is 0 Å². The van der Waals surface area contributed by atoms with Gasteiger partial charge in [0.05, 0.1) is 6.26 Å². The van der Waals surface area contributed by atoms with Crippen LogP contribution in [0.1, 0.15) is 35.6 Å². The number of rotatable bonds is 6. The van der Waals surface area contributed by atoms with Crippen LogP contribution in [0.5, 0.6) is 0 Å². The van der Waals surface area contributed by atoms with Gasteiger partial charge in [0, 0.05) is 17.5 Å². The third-order valence-corrected chi connectivity index (χ3v) is 4.05. The minimum atomic E-state index is -0.535. The molecule has 18 heavy (non-hydrogen) atoms. The van der Waals surface area contributed by atoms with E-state index in [1.54, 1.807) is 29.7 Å². The van der Waals surface area contributed by atoms with Gasteiger partial charge in [-0.05, 0) is 49.4 Å². The van der Waals surface area contributed by atoms with Crippen LogP contribution >= 0.6 is 11.3 Å². The lowest BCUT2D eigenvalue weighted by atomic mass is 10.1. The van der Waals surface area contributed by atoms with Crippen molar-refractivity contribution >= 4 is 11.3 Å². The number of hydrogen-bond donors (Lipinski definition) is 2. The van der Waals surface area contributed by atoms with Gasteiger partial charge in [-0.15, -0.1) is 11.3 Å². The lowest BCUT2D eigenvalue weighted by molar-refractivity contribution is 0.128. The smallest absolute Gasteiger partial charge is 0.132 e. The van der Waals surface area contributed by atoms with Gasteiger partial charge in [-0.3, -0.25) is 0 Å². The number of furan rings is 1. The molecule has 4 heteroatoms. The molecule has 0 saturated heterocycles. The van der Waals surface area contributed by atoms with Crippen LogP contribution in [0.15, 0.2) is 34.3 Å². The Labute approximate surface area is 111 Å². The first-order chi connectivity index (χ1) is 8.66. The van der Waals surface area contributed by atoms with Gasteiger partial charge in [0.25, 0.3) is 0 Å². The molecule has 0 saturated carbocycles. The summed E-state index contributed by atoms with van der Waals surface area (Å²) in [5.74, 6) is 0.635. The van der Waals surface area contributed by atoms with E-state index in [2.05, 4.69) is 30.6 Å². The standard InChI is InChI=1S/C14H19NO2S/c1-10-5-7-18-14(10)9-15-11(2)8-12(16)13-4-3-6-17-13/h3-7,11-12,15-16H,8-9H2,1-2H3. The molecule has 2 heterocycles. The summed E-state index contributed by atoms with van der Waals surface area (Å²) in [4.78, 5) is 1.36. The average Bonchev–Trinajstić information content (AvgIpc) is 2.97. The second kappa shape index (κ2) is 6.18. The molecular weight excluding hydrogens is 246 g/mol. The van der Waals surface area contributed by atoms with E-state index >= 15 is 0 Å². The van der Waals surface area contributed by atoms with E-state index in [-0.39, 0.29) is 6.04 Å². The average molecular weight is 265 g/mol. The molecule has 2 aromatic heterocycles. The normalized spacial score (nSPS) is 14.6. The van der Waals surface area contributed by atoms with Crippen LogP contribution in [0.4, 0.5) is 0 Å². The Morgan fingerprint density at radius 3 is 2.89 bits per heavy atom. The zero-order chi connectivity index (χ0) is 13.0. The maximum absolute atomic E-state index is 9.96. The topological polar surface area (TPSA) is 45.4 Å². The van der Waals surface area contributed by atoms with Crippen molar-refractivity contribution in [1.82, 2.24) is 5.32 Å². The van der Waals surface area contributed by atoms with Crippen LogP contribution in [-0.2, 0) is 6.54 Å². The maximum atomic E-state index is 9.96. The maximum Gasteiger partial charge on any atom is 0.132 e. The fourth-order valence-corrected chi connectivity index (χ4v) is 2.72. The summed E-state index contributed by atoms with van der Waals surface area (Å²) in [5.41, 5.74) is 1.33. The summed E-state index contributed by atoms with van der Waals surface area (Å²) in [5, 5.41) is 15.5. The van der Waals surface area contributed by atoms with Crippen molar-refractivity contribution in [2.75, 3.05) is 0 Å². The van der Waals surface area contributed by atoms with Crippen molar-refractivity contribution in [2.24, 2.45) is 0 Å². The lowest BCUT2D eigenvalue weighted by Crippen LogP contribution is -2.27. The van der Waals surface area contributed by atoms with E-state index in [1.165, 1.54) is 10.4 Å². The Morgan fingerprint density at radius 2 is 2.28 bits per heavy atom. The van der Waals surface area contributed by atoms with Crippen LogP contribution in [0.25, 0.3) is 0 Å². The SMILES string of the molecule is Cc1ccsc1CNC(C)CC(O)c1ccco1. The van der Waals surface area contributed by atoms with Crippen molar-refractivity contribution in [2.45, 2.75) is 39.0 Å². The zero-order valence-electron chi connectivity index (χ0n) is 10.7. The number of aliphatic hydroxyl groups is 1. The monoisotopic (exact) mass is 265 g/mol. The van der Waals surface area contributed by atoms with Gasteiger partial charge >= 0.3 is 0 Å². The van der Waals surface area contributed by atoms with Gasteiger partial charge in [0.15, 0.2) is 0 Å². The molecule has 98 valence electrons. The van der Waals surface area contributed by atoms with Gasteiger partial charge in [-0.1, -0.05) is 0 Å². The van der Waals surface area contributed by atoms with Crippen LogP contribution in [0, 0.1) is 6.92 Å².